The van der Waals surface area contributed by atoms with Gasteiger partial charge in [-0.15, -0.1) is 0 Å². The van der Waals surface area contributed by atoms with Crippen molar-refractivity contribution in [2.75, 3.05) is 18.5 Å². The first-order chi connectivity index (χ1) is 17.6. The Morgan fingerprint density at radius 3 is 2.67 bits per heavy atom. The van der Waals surface area contributed by atoms with E-state index in [-0.39, 0.29) is 12.0 Å². The zero-order valence-corrected chi connectivity index (χ0v) is 20.7. The SMILES string of the molecule is CCOC(=O)C=CCCCCOc1ccc(-c2cc3c(N[C@H](C)c4ccccc4)ncnc3[nH]2)cc1. The van der Waals surface area contributed by atoms with Crippen molar-refractivity contribution in [3.05, 3.63) is 84.7 Å². The van der Waals surface area contributed by atoms with Gasteiger partial charge >= 0.3 is 5.97 Å². The van der Waals surface area contributed by atoms with Crippen molar-refractivity contribution in [1.82, 2.24) is 15.0 Å². The van der Waals surface area contributed by atoms with Crippen LogP contribution in [0.3, 0.4) is 0 Å². The molecule has 4 rings (SSSR count). The van der Waals surface area contributed by atoms with E-state index in [9.17, 15) is 4.79 Å². The van der Waals surface area contributed by atoms with Crippen LogP contribution in [0.25, 0.3) is 22.3 Å². The van der Waals surface area contributed by atoms with Crippen LogP contribution in [0.2, 0.25) is 0 Å². The number of aromatic amines is 1. The van der Waals surface area contributed by atoms with E-state index < -0.39 is 0 Å². The number of unbranched alkanes of at least 4 members (excludes halogenated alkanes) is 2. The Labute approximate surface area is 211 Å². The van der Waals surface area contributed by atoms with Gasteiger partial charge in [0.25, 0.3) is 0 Å². The fourth-order valence-corrected chi connectivity index (χ4v) is 3.90. The third kappa shape index (κ3) is 6.72. The van der Waals surface area contributed by atoms with E-state index in [1.165, 1.54) is 11.6 Å². The van der Waals surface area contributed by atoms with E-state index in [2.05, 4.69) is 45.4 Å². The molecule has 36 heavy (non-hydrogen) atoms. The number of ether oxygens (including phenoxy) is 2. The fraction of sp³-hybridized carbons (Fsp3) is 0.276. The van der Waals surface area contributed by atoms with Gasteiger partial charge in [0, 0.05) is 17.8 Å². The van der Waals surface area contributed by atoms with Crippen molar-refractivity contribution >= 4 is 22.8 Å². The minimum Gasteiger partial charge on any atom is -0.494 e. The van der Waals surface area contributed by atoms with Crippen LogP contribution in [0.1, 0.15) is 44.7 Å². The van der Waals surface area contributed by atoms with Gasteiger partial charge in [-0.25, -0.2) is 14.8 Å². The first-order valence-corrected chi connectivity index (χ1v) is 12.4. The maximum absolute atomic E-state index is 11.3. The number of nitrogens with zero attached hydrogens (tertiary/aromatic N) is 2. The minimum absolute atomic E-state index is 0.118. The minimum atomic E-state index is -0.287. The molecule has 2 heterocycles. The van der Waals surface area contributed by atoms with Gasteiger partial charge in [-0.1, -0.05) is 36.4 Å². The van der Waals surface area contributed by atoms with Gasteiger partial charge in [0.1, 0.15) is 23.5 Å². The third-order valence-corrected chi connectivity index (χ3v) is 5.82. The number of esters is 1. The van der Waals surface area contributed by atoms with E-state index in [4.69, 9.17) is 9.47 Å². The molecule has 0 aliphatic carbocycles. The summed E-state index contributed by atoms with van der Waals surface area (Å²) in [5.74, 6) is 1.34. The maximum atomic E-state index is 11.3. The Morgan fingerprint density at radius 2 is 1.89 bits per heavy atom. The Hall–Kier alpha value is -4.13. The number of hydrogen-bond donors (Lipinski definition) is 2. The Balaban J connectivity index is 1.32. The van der Waals surface area contributed by atoms with Crippen LogP contribution in [-0.2, 0) is 9.53 Å². The van der Waals surface area contributed by atoms with Crippen LogP contribution >= 0.6 is 0 Å². The maximum Gasteiger partial charge on any atom is 0.330 e. The predicted octanol–water partition coefficient (Wildman–Crippen LogP) is 6.47. The van der Waals surface area contributed by atoms with Crippen molar-refractivity contribution < 1.29 is 14.3 Å². The highest BCUT2D eigenvalue weighted by atomic mass is 16.5. The van der Waals surface area contributed by atoms with Gasteiger partial charge in [0.05, 0.1) is 18.6 Å². The average Bonchev–Trinajstić information content (AvgIpc) is 3.35. The molecular formula is C29H32N4O3. The second kappa shape index (κ2) is 12.5. The third-order valence-electron chi connectivity index (χ3n) is 5.82. The molecule has 0 aliphatic rings. The molecule has 1 atom stereocenters. The van der Waals surface area contributed by atoms with Crippen molar-refractivity contribution in [3.8, 4) is 17.0 Å². The molecule has 0 saturated carbocycles. The van der Waals surface area contributed by atoms with Crippen LogP contribution in [0, 0.1) is 0 Å². The quantitative estimate of drug-likeness (QED) is 0.136. The van der Waals surface area contributed by atoms with Crippen LogP contribution in [0.15, 0.2) is 79.1 Å². The summed E-state index contributed by atoms with van der Waals surface area (Å²) in [6, 6.07) is 20.5. The molecule has 186 valence electrons. The number of carbonyl (C=O) groups is 1. The molecule has 0 saturated heterocycles. The van der Waals surface area contributed by atoms with Crippen LogP contribution in [0.5, 0.6) is 5.75 Å². The summed E-state index contributed by atoms with van der Waals surface area (Å²) >= 11 is 0. The summed E-state index contributed by atoms with van der Waals surface area (Å²) in [6.45, 7) is 4.95. The fourth-order valence-electron chi connectivity index (χ4n) is 3.90. The van der Waals surface area contributed by atoms with Crippen molar-refractivity contribution in [3.63, 3.8) is 0 Å². The number of benzene rings is 2. The molecule has 0 radical (unpaired) electrons. The molecule has 2 aromatic carbocycles. The molecule has 4 aromatic rings. The predicted molar refractivity (Wildman–Crippen MR) is 143 cm³/mol. The monoisotopic (exact) mass is 484 g/mol. The van der Waals surface area contributed by atoms with E-state index in [0.717, 1.165) is 53.1 Å². The first-order valence-electron chi connectivity index (χ1n) is 12.4. The number of fused-ring (bicyclic) bond motifs is 1. The van der Waals surface area contributed by atoms with Gasteiger partial charge in [0.15, 0.2) is 0 Å². The number of carbonyl (C=O) groups excluding carboxylic acids is 1. The second-order valence-electron chi connectivity index (χ2n) is 8.47. The molecule has 7 heteroatoms. The molecule has 2 N–H and O–H groups in total. The van der Waals surface area contributed by atoms with Gasteiger partial charge in [-0.05, 0) is 74.6 Å². The number of aromatic nitrogens is 3. The normalized spacial score (nSPS) is 12.1. The Kier molecular flexibility index (Phi) is 8.70. The van der Waals surface area contributed by atoms with Crippen molar-refractivity contribution in [2.24, 2.45) is 0 Å². The lowest BCUT2D eigenvalue weighted by Crippen LogP contribution is -2.08. The summed E-state index contributed by atoms with van der Waals surface area (Å²) in [7, 11) is 0. The van der Waals surface area contributed by atoms with Gasteiger partial charge < -0.3 is 19.8 Å². The van der Waals surface area contributed by atoms with Gasteiger partial charge in [0.2, 0.25) is 0 Å². The van der Waals surface area contributed by atoms with Crippen molar-refractivity contribution in [2.45, 2.75) is 39.2 Å². The summed E-state index contributed by atoms with van der Waals surface area (Å²) < 4.78 is 10.7. The topological polar surface area (TPSA) is 89.1 Å². The van der Waals surface area contributed by atoms with Crippen LogP contribution < -0.4 is 10.1 Å². The largest absolute Gasteiger partial charge is 0.494 e. The van der Waals surface area contributed by atoms with E-state index >= 15 is 0 Å². The number of nitrogens with one attached hydrogen (secondary N) is 2. The summed E-state index contributed by atoms with van der Waals surface area (Å²) in [6.07, 6.45) is 7.59. The lowest BCUT2D eigenvalue weighted by molar-refractivity contribution is -0.137. The summed E-state index contributed by atoms with van der Waals surface area (Å²) in [5, 5.41) is 4.46. The second-order valence-corrected chi connectivity index (χ2v) is 8.47. The van der Waals surface area contributed by atoms with Crippen molar-refractivity contribution in [1.29, 1.82) is 0 Å². The highest BCUT2D eigenvalue weighted by Gasteiger charge is 2.12. The van der Waals surface area contributed by atoms with E-state index in [0.29, 0.717) is 13.2 Å². The Bertz CT molecular complexity index is 1280. The zero-order chi connectivity index (χ0) is 25.2. The molecule has 2 aromatic heterocycles. The molecule has 0 amide bonds. The Morgan fingerprint density at radius 1 is 1.08 bits per heavy atom. The highest BCUT2D eigenvalue weighted by Crippen LogP contribution is 2.29. The highest BCUT2D eigenvalue weighted by molar-refractivity contribution is 5.91. The number of H-pyrrole nitrogens is 1. The smallest absolute Gasteiger partial charge is 0.330 e. The number of allylic oxidation sites excluding steroid dienone is 1. The molecule has 0 unspecified atom stereocenters. The van der Waals surface area contributed by atoms with Gasteiger partial charge in [-0.2, -0.15) is 0 Å². The average molecular weight is 485 g/mol. The summed E-state index contributed by atoms with van der Waals surface area (Å²) in [5.41, 5.74) is 4.01. The molecule has 0 bridgehead atoms. The summed E-state index contributed by atoms with van der Waals surface area (Å²) in [4.78, 5) is 23.6. The molecule has 0 aliphatic heterocycles. The molecule has 0 spiro atoms. The lowest BCUT2D eigenvalue weighted by atomic mass is 10.1. The number of anilines is 1. The number of hydrogen-bond acceptors (Lipinski definition) is 6. The van der Waals surface area contributed by atoms with Crippen LogP contribution in [-0.4, -0.2) is 34.1 Å². The zero-order valence-electron chi connectivity index (χ0n) is 20.7. The standard InChI is InChI=1S/C29H32N4O3/c1-3-35-27(34)13-9-4-5-10-18-36-24-16-14-23(15-17-24)26-19-25-28(30-20-31-29(25)33-26)32-21(2)22-11-7-6-8-12-22/h6-9,11-17,19-21H,3-5,10,18H2,1-2H3,(H2,30,31,32,33)/t21-/m1/s1. The van der Waals surface area contributed by atoms with Gasteiger partial charge in [-0.3, -0.25) is 0 Å². The first kappa shape index (κ1) is 25.0. The molecular weight excluding hydrogens is 452 g/mol. The van der Waals surface area contributed by atoms with E-state index in [1.54, 1.807) is 13.3 Å². The molecule has 0 fully saturated rings. The van der Waals surface area contributed by atoms with Crippen LogP contribution in [0.4, 0.5) is 5.82 Å². The number of rotatable bonds is 12. The lowest BCUT2D eigenvalue weighted by Gasteiger charge is -2.15. The van der Waals surface area contributed by atoms with E-state index in [1.807, 2.05) is 48.5 Å². The molecule has 7 nitrogen and oxygen atoms in total.